The number of nitrogens with two attached hydrogens (primary N) is 1. The van der Waals surface area contributed by atoms with Gasteiger partial charge in [-0.3, -0.25) is 0 Å². The van der Waals surface area contributed by atoms with Crippen LogP contribution in [0, 0.1) is 11.8 Å². The predicted octanol–water partition coefficient (Wildman–Crippen LogP) is 3.93. The Kier molecular flexibility index (Phi) is 5.88. The molecule has 1 fully saturated rings. The van der Waals surface area contributed by atoms with Gasteiger partial charge in [-0.1, -0.05) is 37.1 Å². The number of rotatable bonds is 5. The van der Waals surface area contributed by atoms with Crippen LogP contribution in [-0.2, 0) is 6.54 Å². The minimum Gasteiger partial charge on any atom is -0.327 e. The van der Waals surface area contributed by atoms with Crippen molar-refractivity contribution in [3.05, 3.63) is 34.9 Å². The van der Waals surface area contributed by atoms with E-state index in [1.165, 1.54) is 31.2 Å². The van der Waals surface area contributed by atoms with E-state index in [4.69, 9.17) is 17.3 Å². The second-order valence-electron chi connectivity index (χ2n) is 6.34. The molecule has 0 saturated heterocycles. The maximum Gasteiger partial charge on any atom is 0.0409 e. The highest BCUT2D eigenvalue weighted by atomic mass is 35.5. The van der Waals surface area contributed by atoms with Crippen LogP contribution in [0.5, 0.6) is 0 Å². The van der Waals surface area contributed by atoms with Crippen molar-refractivity contribution < 1.29 is 0 Å². The van der Waals surface area contributed by atoms with Crippen molar-refractivity contribution in [3.63, 3.8) is 0 Å². The normalized spacial score (nSPS) is 26.9. The van der Waals surface area contributed by atoms with Crippen LogP contribution < -0.4 is 5.73 Å². The molecule has 1 aliphatic rings. The van der Waals surface area contributed by atoms with E-state index in [0.717, 1.165) is 24.0 Å². The van der Waals surface area contributed by atoms with E-state index in [0.29, 0.717) is 12.0 Å². The fourth-order valence-electron chi connectivity index (χ4n) is 3.38. The molecule has 112 valence electrons. The quantitative estimate of drug-likeness (QED) is 0.892. The summed E-state index contributed by atoms with van der Waals surface area (Å²) in [7, 11) is 2.18. The summed E-state index contributed by atoms with van der Waals surface area (Å²) in [4.78, 5) is 2.38. The lowest BCUT2D eigenvalue weighted by Gasteiger charge is -2.36. The van der Waals surface area contributed by atoms with Crippen LogP contribution in [-0.4, -0.2) is 24.5 Å². The highest BCUT2D eigenvalue weighted by Crippen LogP contribution is 2.31. The number of hydrogen-bond donors (Lipinski definition) is 1. The Morgan fingerprint density at radius 1 is 1.35 bits per heavy atom. The summed E-state index contributed by atoms with van der Waals surface area (Å²) in [5.41, 5.74) is 7.59. The van der Waals surface area contributed by atoms with Gasteiger partial charge in [-0.2, -0.15) is 0 Å². The Labute approximate surface area is 128 Å². The molecule has 1 aromatic carbocycles. The zero-order chi connectivity index (χ0) is 14.5. The second-order valence-corrected chi connectivity index (χ2v) is 6.77. The first-order chi connectivity index (χ1) is 9.58. The highest BCUT2D eigenvalue weighted by Gasteiger charge is 2.27. The first kappa shape index (κ1) is 15.8. The Hall–Kier alpha value is -0.570. The van der Waals surface area contributed by atoms with Crippen molar-refractivity contribution in [3.8, 4) is 0 Å². The van der Waals surface area contributed by atoms with Gasteiger partial charge in [0.15, 0.2) is 0 Å². The lowest BCUT2D eigenvalue weighted by molar-refractivity contribution is 0.168. The molecule has 2 N–H and O–H groups in total. The van der Waals surface area contributed by atoms with E-state index < -0.39 is 0 Å². The zero-order valence-corrected chi connectivity index (χ0v) is 13.4. The molecule has 1 saturated carbocycles. The van der Waals surface area contributed by atoms with Crippen LogP contribution in [0.1, 0.15) is 38.2 Å². The van der Waals surface area contributed by atoms with E-state index in [9.17, 15) is 0 Å². The summed E-state index contributed by atoms with van der Waals surface area (Å²) in [5.74, 6) is 1.51. The van der Waals surface area contributed by atoms with Gasteiger partial charge in [0.05, 0.1) is 0 Å². The van der Waals surface area contributed by atoms with Crippen LogP contribution in [0.3, 0.4) is 0 Å². The Balaban J connectivity index is 1.88. The molecule has 0 heterocycles. The summed E-state index contributed by atoms with van der Waals surface area (Å²) in [6.07, 6.45) is 5.08. The minimum absolute atomic E-state index is 0.375. The number of nitrogens with zero attached hydrogens (tertiary/aromatic N) is 1. The average molecular weight is 295 g/mol. The van der Waals surface area contributed by atoms with E-state index in [1.54, 1.807) is 0 Å². The maximum atomic E-state index is 6.31. The fraction of sp³-hybridized carbons (Fsp3) is 0.647. The SMILES string of the molecule is CCC1CCC(N)C(CN(C)Cc2cccc(Cl)c2)C1. The third kappa shape index (κ3) is 4.47. The van der Waals surface area contributed by atoms with E-state index in [1.807, 2.05) is 18.2 Å². The van der Waals surface area contributed by atoms with Gasteiger partial charge in [-0.15, -0.1) is 0 Å². The van der Waals surface area contributed by atoms with Crippen molar-refractivity contribution in [2.24, 2.45) is 17.6 Å². The molecule has 2 rings (SSSR count). The minimum atomic E-state index is 0.375. The van der Waals surface area contributed by atoms with Crippen LogP contribution in [0.25, 0.3) is 0 Å². The van der Waals surface area contributed by atoms with Crippen molar-refractivity contribution in [1.82, 2.24) is 4.90 Å². The Morgan fingerprint density at radius 2 is 2.15 bits per heavy atom. The van der Waals surface area contributed by atoms with Gasteiger partial charge >= 0.3 is 0 Å². The van der Waals surface area contributed by atoms with Crippen LogP contribution in [0.15, 0.2) is 24.3 Å². The summed E-state index contributed by atoms with van der Waals surface area (Å²) in [6, 6.07) is 8.50. The monoisotopic (exact) mass is 294 g/mol. The molecule has 1 aliphatic carbocycles. The molecule has 3 unspecified atom stereocenters. The molecule has 2 nitrogen and oxygen atoms in total. The molecule has 0 amide bonds. The Morgan fingerprint density at radius 3 is 2.85 bits per heavy atom. The molecule has 0 bridgehead atoms. The van der Waals surface area contributed by atoms with Gasteiger partial charge < -0.3 is 10.6 Å². The third-order valence-corrected chi connectivity index (χ3v) is 4.85. The van der Waals surface area contributed by atoms with E-state index in [-0.39, 0.29) is 0 Å². The standard InChI is InChI=1S/C17H27ClN2/c1-3-13-7-8-17(19)15(9-13)12-20(2)11-14-5-4-6-16(18)10-14/h4-6,10,13,15,17H,3,7-9,11-12,19H2,1-2H3. The maximum absolute atomic E-state index is 6.31. The topological polar surface area (TPSA) is 29.3 Å². The molecule has 3 heteroatoms. The Bertz CT molecular complexity index is 421. The van der Waals surface area contributed by atoms with Gasteiger partial charge in [-0.05, 0) is 55.8 Å². The van der Waals surface area contributed by atoms with Crippen LogP contribution in [0.2, 0.25) is 5.02 Å². The van der Waals surface area contributed by atoms with Gasteiger partial charge in [0, 0.05) is 24.2 Å². The predicted molar refractivity (Wildman–Crippen MR) is 86.9 cm³/mol. The molecule has 20 heavy (non-hydrogen) atoms. The summed E-state index contributed by atoms with van der Waals surface area (Å²) < 4.78 is 0. The molecular weight excluding hydrogens is 268 g/mol. The first-order valence-corrected chi connectivity index (χ1v) is 8.14. The van der Waals surface area contributed by atoms with Gasteiger partial charge in [0.2, 0.25) is 0 Å². The summed E-state index contributed by atoms with van der Waals surface area (Å²) in [6.45, 7) is 4.33. The number of halogens is 1. The van der Waals surface area contributed by atoms with Crippen molar-refractivity contribution in [2.75, 3.05) is 13.6 Å². The van der Waals surface area contributed by atoms with E-state index in [2.05, 4.69) is 24.9 Å². The van der Waals surface area contributed by atoms with Gasteiger partial charge in [0.1, 0.15) is 0 Å². The smallest absolute Gasteiger partial charge is 0.0409 e. The molecule has 0 aliphatic heterocycles. The first-order valence-electron chi connectivity index (χ1n) is 7.77. The molecule has 0 aromatic heterocycles. The lowest BCUT2D eigenvalue weighted by atomic mass is 9.77. The number of benzene rings is 1. The summed E-state index contributed by atoms with van der Waals surface area (Å²) >= 11 is 6.04. The van der Waals surface area contributed by atoms with Crippen LogP contribution >= 0.6 is 11.6 Å². The van der Waals surface area contributed by atoms with Gasteiger partial charge in [-0.25, -0.2) is 0 Å². The molecule has 0 radical (unpaired) electrons. The summed E-state index contributed by atoms with van der Waals surface area (Å²) in [5, 5.41) is 0.816. The van der Waals surface area contributed by atoms with Crippen molar-refractivity contribution in [1.29, 1.82) is 0 Å². The number of hydrogen-bond acceptors (Lipinski definition) is 2. The molecule has 1 aromatic rings. The van der Waals surface area contributed by atoms with E-state index >= 15 is 0 Å². The van der Waals surface area contributed by atoms with Crippen LogP contribution in [0.4, 0.5) is 0 Å². The second kappa shape index (κ2) is 7.44. The lowest BCUT2D eigenvalue weighted by Crippen LogP contribution is -2.42. The van der Waals surface area contributed by atoms with Gasteiger partial charge in [0.25, 0.3) is 0 Å². The molecule has 0 spiro atoms. The fourth-order valence-corrected chi connectivity index (χ4v) is 3.59. The molecule has 3 atom stereocenters. The average Bonchev–Trinajstić information content (AvgIpc) is 2.41. The highest BCUT2D eigenvalue weighted by molar-refractivity contribution is 6.30. The largest absolute Gasteiger partial charge is 0.327 e. The van der Waals surface area contributed by atoms with Crippen molar-refractivity contribution in [2.45, 2.75) is 45.2 Å². The zero-order valence-electron chi connectivity index (χ0n) is 12.7. The third-order valence-electron chi connectivity index (χ3n) is 4.61. The van der Waals surface area contributed by atoms with Crippen molar-refractivity contribution >= 4 is 11.6 Å². The molecular formula is C17H27ClN2.